The SMILES string of the molecule is CCNC(=O)C1CN(C(=O)c2ccc(O)cc2F)C1. The topological polar surface area (TPSA) is 69.6 Å². The Bertz CT molecular complexity index is 513. The minimum atomic E-state index is -0.758. The zero-order valence-corrected chi connectivity index (χ0v) is 10.5. The van der Waals surface area contributed by atoms with Crippen molar-refractivity contribution in [2.45, 2.75) is 6.92 Å². The summed E-state index contributed by atoms with van der Waals surface area (Å²) in [4.78, 5) is 24.9. The molecule has 0 radical (unpaired) electrons. The van der Waals surface area contributed by atoms with Gasteiger partial charge in [0.15, 0.2) is 0 Å². The number of rotatable bonds is 3. The molecule has 1 heterocycles. The number of carbonyl (C=O) groups is 2. The molecule has 0 aromatic heterocycles. The van der Waals surface area contributed by atoms with Gasteiger partial charge < -0.3 is 15.3 Å². The number of amides is 2. The smallest absolute Gasteiger partial charge is 0.256 e. The minimum Gasteiger partial charge on any atom is -0.508 e. The summed E-state index contributed by atoms with van der Waals surface area (Å²) >= 11 is 0. The molecule has 1 aliphatic heterocycles. The molecule has 0 bridgehead atoms. The fourth-order valence-corrected chi connectivity index (χ4v) is 1.98. The van der Waals surface area contributed by atoms with Crippen LogP contribution in [0.4, 0.5) is 4.39 Å². The summed E-state index contributed by atoms with van der Waals surface area (Å²) in [5.74, 6) is -1.75. The van der Waals surface area contributed by atoms with Crippen LogP contribution in [-0.2, 0) is 4.79 Å². The van der Waals surface area contributed by atoms with Crippen LogP contribution in [0.3, 0.4) is 0 Å². The Labute approximate surface area is 110 Å². The largest absolute Gasteiger partial charge is 0.508 e. The van der Waals surface area contributed by atoms with Crippen LogP contribution in [0, 0.1) is 11.7 Å². The van der Waals surface area contributed by atoms with E-state index in [1.165, 1.54) is 17.0 Å². The van der Waals surface area contributed by atoms with Crippen molar-refractivity contribution in [2.75, 3.05) is 19.6 Å². The standard InChI is InChI=1S/C13H15FN2O3/c1-2-15-12(18)8-6-16(7-8)13(19)10-4-3-9(17)5-11(10)14/h3-5,8,17H,2,6-7H2,1H3,(H,15,18). The molecule has 19 heavy (non-hydrogen) atoms. The molecule has 5 nitrogen and oxygen atoms in total. The van der Waals surface area contributed by atoms with Gasteiger partial charge in [-0.05, 0) is 19.1 Å². The Kier molecular flexibility index (Phi) is 3.69. The Balaban J connectivity index is 1.98. The van der Waals surface area contributed by atoms with E-state index in [2.05, 4.69) is 5.32 Å². The molecule has 1 aromatic carbocycles. The first kappa shape index (κ1) is 13.3. The lowest BCUT2D eigenvalue weighted by Crippen LogP contribution is -2.55. The average molecular weight is 266 g/mol. The minimum absolute atomic E-state index is 0.0854. The molecule has 0 spiro atoms. The third-order valence-corrected chi connectivity index (χ3v) is 3.07. The lowest BCUT2D eigenvalue weighted by atomic mass is 9.97. The maximum atomic E-state index is 13.5. The van der Waals surface area contributed by atoms with Gasteiger partial charge in [-0.3, -0.25) is 9.59 Å². The van der Waals surface area contributed by atoms with Crippen molar-refractivity contribution >= 4 is 11.8 Å². The lowest BCUT2D eigenvalue weighted by molar-refractivity contribution is -0.128. The number of nitrogens with one attached hydrogen (secondary N) is 1. The summed E-state index contributed by atoms with van der Waals surface area (Å²) in [6, 6.07) is 3.40. The third kappa shape index (κ3) is 2.67. The fraction of sp³-hybridized carbons (Fsp3) is 0.385. The maximum absolute atomic E-state index is 13.5. The van der Waals surface area contributed by atoms with E-state index in [4.69, 9.17) is 5.11 Å². The first-order valence-electron chi connectivity index (χ1n) is 6.08. The highest BCUT2D eigenvalue weighted by Crippen LogP contribution is 2.22. The number of hydrogen-bond acceptors (Lipinski definition) is 3. The third-order valence-electron chi connectivity index (χ3n) is 3.07. The summed E-state index contributed by atoms with van der Waals surface area (Å²) in [5, 5.41) is 11.8. The van der Waals surface area contributed by atoms with Gasteiger partial charge in [-0.1, -0.05) is 0 Å². The molecule has 2 rings (SSSR count). The Morgan fingerprint density at radius 1 is 1.47 bits per heavy atom. The van der Waals surface area contributed by atoms with Crippen molar-refractivity contribution in [1.29, 1.82) is 0 Å². The van der Waals surface area contributed by atoms with Crippen molar-refractivity contribution in [2.24, 2.45) is 5.92 Å². The van der Waals surface area contributed by atoms with Gasteiger partial charge in [-0.25, -0.2) is 4.39 Å². The van der Waals surface area contributed by atoms with Crippen LogP contribution in [0.2, 0.25) is 0 Å². The van der Waals surface area contributed by atoms with Gasteiger partial charge in [0.1, 0.15) is 11.6 Å². The van der Waals surface area contributed by atoms with Crippen LogP contribution >= 0.6 is 0 Å². The van der Waals surface area contributed by atoms with Crippen molar-refractivity contribution in [3.8, 4) is 5.75 Å². The molecule has 6 heteroatoms. The second-order valence-electron chi connectivity index (χ2n) is 4.47. The van der Waals surface area contributed by atoms with Crippen molar-refractivity contribution in [3.63, 3.8) is 0 Å². The van der Waals surface area contributed by atoms with Gasteiger partial charge in [-0.15, -0.1) is 0 Å². The Morgan fingerprint density at radius 3 is 2.74 bits per heavy atom. The molecule has 1 fully saturated rings. The number of halogens is 1. The zero-order chi connectivity index (χ0) is 14.0. The highest BCUT2D eigenvalue weighted by atomic mass is 19.1. The van der Waals surface area contributed by atoms with E-state index >= 15 is 0 Å². The predicted octanol–water partition coefficient (Wildman–Crippen LogP) is 0.739. The van der Waals surface area contributed by atoms with Gasteiger partial charge in [0.2, 0.25) is 5.91 Å². The molecular formula is C13H15FN2O3. The number of phenols is 1. The molecule has 0 saturated carbocycles. The number of nitrogens with zero attached hydrogens (tertiary/aromatic N) is 1. The summed E-state index contributed by atoms with van der Waals surface area (Å²) in [6.45, 7) is 2.97. The van der Waals surface area contributed by atoms with E-state index in [-0.39, 0.29) is 23.1 Å². The van der Waals surface area contributed by atoms with Gasteiger partial charge in [-0.2, -0.15) is 0 Å². The number of phenolic OH excluding ortho intramolecular Hbond substituents is 1. The Morgan fingerprint density at radius 2 is 2.16 bits per heavy atom. The molecule has 0 unspecified atom stereocenters. The van der Waals surface area contributed by atoms with E-state index in [1.54, 1.807) is 0 Å². The number of aromatic hydroxyl groups is 1. The molecule has 0 atom stereocenters. The van der Waals surface area contributed by atoms with E-state index in [9.17, 15) is 14.0 Å². The van der Waals surface area contributed by atoms with E-state index in [0.29, 0.717) is 19.6 Å². The van der Waals surface area contributed by atoms with Crippen LogP contribution in [0.25, 0.3) is 0 Å². The van der Waals surface area contributed by atoms with E-state index in [1.807, 2.05) is 6.92 Å². The summed E-state index contributed by atoms with van der Waals surface area (Å²) in [7, 11) is 0. The van der Waals surface area contributed by atoms with Crippen LogP contribution in [-0.4, -0.2) is 41.5 Å². The summed E-state index contributed by atoms with van der Waals surface area (Å²) in [6.07, 6.45) is 0. The second-order valence-corrected chi connectivity index (χ2v) is 4.47. The van der Waals surface area contributed by atoms with Crippen molar-refractivity contribution in [3.05, 3.63) is 29.6 Å². The van der Waals surface area contributed by atoms with E-state index < -0.39 is 11.7 Å². The normalized spacial score (nSPS) is 14.9. The van der Waals surface area contributed by atoms with Crippen LogP contribution in [0.15, 0.2) is 18.2 Å². The molecule has 2 amide bonds. The lowest BCUT2D eigenvalue weighted by Gasteiger charge is -2.38. The predicted molar refractivity (Wildman–Crippen MR) is 66.1 cm³/mol. The molecule has 1 aromatic rings. The number of carbonyl (C=O) groups excluding carboxylic acids is 2. The molecule has 102 valence electrons. The van der Waals surface area contributed by atoms with Crippen LogP contribution < -0.4 is 5.32 Å². The first-order chi connectivity index (χ1) is 9.02. The first-order valence-corrected chi connectivity index (χ1v) is 6.08. The van der Waals surface area contributed by atoms with Gasteiger partial charge >= 0.3 is 0 Å². The average Bonchev–Trinajstić information content (AvgIpc) is 2.26. The van der Waals surface area contributed by atoms with Gasteiger partial charge in [0.05, 0.1) is 11.5 Å². The highest BCUT2D eigenvalue weighted by molar-refractivity contribution is 5.96. The molecule has 0 aliphatic carbocycles. The quantitative estimate of drug-likeness (QED) is 0.847. The Hall–Kier alpha value is -2.11. The molecular weight excluding hydrogens is 251 g/mol. The zero-order valence-electron chi connectivity index (χ0n) is 10.5. The number of benzene rings is 1. The number of likely N-dealkylation sites (tertiary alicyclic amines) is 1. The molecule has 1 saturated heterocycles. The van der Waals surface area contributed by atoms with Crippen LogP contribution in [0.1, 0.15) is 17.3 Å². The molecule has 1 aliphatic rings. The van der Waals surface area contributed by atoms with E-state index in [0.717, 1.165) is 6.07 Å². The number of hydrogen-bond donors (Lipinski definition) is 2. The van der Waals surface area contributed by atoms with Gasteiger partial charge in [0.25, 0.3) is 5.91 Å². The highest BCUT2D eigenvalue weighted by Gasteiger charge is 2.36. The van der Waals surface area contributed by atoms with Crippen LogP contribution in [0.5, 0.6) is 5.75 Å². The summed E-state index contributed by atoms with van der Waals surface area (Å²) < 4.78 is 13.5. The van der Waals surface area contributed by atoms with Gasteiger partial charge in [0, 0.05) is 25.7 Å². The second kappa shape index (κ2) is 5.26. The summed E-state index contributed by atoms with van der Waals surface area (Å²) in [5.41, 5.74) is -0.0906. The van der Waals surface area contributed by atoms with Crippen molar-refractivity contribution < 1.29 is 19.1 Å². The fourth-order valence-electron chi connectivity index (χ4n) is 1.98. The van der Waals surface area contributed by atoms with Crippen molar-refractivity contribution in [1.82, 2.24) is 10.2 Å². The maximum Gasteiger partial charge on any atom is 0.256 e. The monoisotopic (exact) mass is 266 g/mol. The molecule has 2 N–H and O–H groups in total.